The summed E-state index contributed by atoms with van der Waals surface area (Å²) in [6.07, 6.45) is 12.4. The second kappa shape index (κ2) is 15.1. The molecule has 2 amide bonds. The van der Waals surface area contributed by atoms with Crippen LogP contribution in [0.4, 0.5) is 0 Å². The first-order valence-electron chi connectivity index (χ1n) is 13.0. The monoisotopic (exact) mass is 449 g/mol. The van der Waals surface area contributed by atoms with Gasteiger partial charge in [0.1, 0.15) is 0 Å². The van der Waals surface area contributed by atoms with Crippen LogP contribution in [0, 0.1) is 11.8 Å². The van der Waals surface area contributed by atoms with Gasteiger partial charge < -0.3 is 20.4 Å². The van der Waals surface area contributed by atoms with Crippen LogP contribution in [0.3, 0.4) is 0 Å². The summed E-state index contributed by atoms with van der Waals surface area (Å²) in [4.78, 5) is 32.8. The molecule has 2 rings (SSSR count). The fourth-order valence-electron chi connectivity index (χ4n) is 4.74. The van der Waals surface area contributed by atoms with E-state index in [-0.39, 0.29) is 11.8 Å². The number of aliphatic imine (C=N–C) groups is 1. The van der Waals surface area contributed by atoms with Gasteiger partial charge in [-0.25, -0.2) is 0 Å². The molecule has 32 heavy (non-hydrogen) atoms. The number of nitrogens with one attached hydrogen (secondary N) is 2. The fraction of sp³-hybridized carbons (Fsp3) is 0.880. The highest BCUT2D eigenvalue weighted by Crippen LogP contribution is 2.28. The van der Waals surface area contributed by atoms with Crippen molar-refractivity contribution in [3.8, 4) is 0 Å². The van der Waals surface area contributed by atoms with E-state index in [1.54, 1.807) is 0 Å². The largest absolute Gasteiger partial charge is 0.356 e. The third-order valence-electron chi connectivity index (χ3n) is 6.71. The molecule has 0 spiro atoms. The van der Waals surface area contributed by atoms with Crippen molar-refractivity contribution in [1.29, 1.82) is 0 Å². The van der Waals surface area contributed by atoms with Gasteiger partial charge in [0.15, 0.2) is 5.96 Å². The summed E-state index contributed by atoms with van der Waals surface area (Å²) in [6, 6.07) is 0. The molecule has 184 valence electrons. The van der Waals surface area contributed by atoms with Crippen molar-refractivity contribution in [2.45, 2.75) is 84.5 Å². The van der Waals surface area contributed by atoms with Crippen LogP contribution in [-0.2, 0) is 9.59 Å². The second-order valence-corrected chi connectivity index (χ2v) is 9.89. The average molecular weight is 450 g/mol. The van der Waals surface area contributed by atoms with Crippen molar-refractivity contribution in [2.75, 3.05) is 46.3 Å². The lowest BCUT2D eigenvalue weighted by atomic mass is 10.0. The van der Waals surface area contributed by atoms with Gasteiger partial charge in [0, 0.05) is 59.2 Å². The summed E-state index contributed by atoms with van der Waals surface area (Å²) in [5, 5.41) is 6.80. The summed E-state index contributed by atoms with van der Waals surface area (Å²) in [7, 11) is 1.82. The summed E-state index contributed by atoms with van der Waals surface area (Å²) < 4.78 is 0. The number of carbonyl (C=O) groups excluding carboxylic acids is 2. The number of rotatable bonds is 12. The highest BCUT2D eigenvalue weighted by Gasteiger charge is 2.24. The molecule has 1 aliphatic carbocycles. The van der Waals surface area contributed by atoms with Gasteiger partial charge in [-0.3, -0.25) is 14.6 Å². The van der Waals surface area contributed by atoms with Gasteiger partial charge in [0.05, 0.1) is 0 Å². The molecule has 2 fully saturated rings. The Balaban J connectivity index is 1.46. The molecule has 0 radical (unpaired) electrons. The molecular weight excluding hydrogens is 402 g/mol. The van der Waals surface area contributed by atoms with Crippen molar-refractivity contribution >= 4 is 17.8 Å². The number of carbonyl (C=O) groups is 2. The normalized spacial score (nSPS) is 17.8. The van der Waals surface area contributed by atoms with Crippen molar-refractivity contribution in [3.05, 3.63) is 0 Å². The first-order chi connectivity index (χ1) is 15.5. The quantitative estimate of drug-likeness (QED) is 0.272. The van der Waals surface area contributed by atoms with Crippen LogP contribution in [0.5, 0.6) is 0 Å². The maximum absolute atomic E-state index is 12.5. The van der Waals surface area contributed by atoms with Crippen molar-refractivity contribution in [3.63, 3.8) is 0 Å². The summed E-state index contributed by atoms with van der Waals surface area (Å²) in [6.45, 7) is 8.70. The van der Waals surface area contributed by atoms with E-state index in [4.69, 9.17) is 0 Å². The lowest BCUT2D eigenvalue weighted by Crippen LogP contribution is -2.50. The molecular formula is C25H47N5O2. The number of amides is 2. The van der Waals surface area contributed by atoms with Crippen LogP contribution in [0.1, 0.15) is 84.5 Å². The van der Waals surface area contributed by atoms with Crippen LogP contribution in [0.2, 0.25) is 0 Å². The predicted octanol–water partition coefficient (Wildman–Crippen LogP) is 3.40. The Morgan fingerprint density at radius 2 is 1.47 bits per heavy atom. The molecule has 2 aliphatic rings. The highest BCUT2D eigenvalue weighted by atomic mass is 16.2. The molecule has 1 heterocycles. The molecule has 0 bridgehead atoms. The van der Waals surface area contributed by atoms with Crippen LogP contribution in [-0.4, -0.2) is 73.9 Å². The molecule has 2 N–H and O–H groups in total. The minimum atomic E-state index is 0.220. The van der Waals surface area contributed by atoms with Crippen LogP contribution < -0.4 is 10.6 Å². The molecule has 1 aliphatic heterocycles. The predicted molar refractivity (Wildman–Crippen MR) is 132 cm³/mol. The first-order valence-corrected chi connectivity index (χ1v) is 13.0. The van der Waals surface area contributed by atoms with Gasteiger partial charge in [-0.2, -0.15) is 0 Å². The van der Waals surface area contributed by atoms with Crippen LogP contribution in [0.15, 0.2) is 4.99 Å². The Morgan fingerprint density at radius 3 is 2.06 bits per heavy atom. The van der Waals surface area contributed by atoms with E-state index in [2.05, 4.69) is 29.5 Å². The Morgan fingerprint density at radius 1 is 0.875 bits per heavy atom. The second-order valence-electron chi connectivity index (χ2n) is 9.89. The minimum Gasteiger partial charge on any atom is -0.356 e. The number of hydrogen-bond donors (Lipinski definition) is 2. The van der Waals surface area contributed by atoms with Crippen molar-refractivity contribution < 1.29 is 9.59 Å². The molecule has 1 saturated heterocycles. The molecule has 7 nitrogen and oxygen atoms in total. The standard InChI is InChI=1S/C25H47N5O2/c1-21(2)20-24(32)30-18-16-29(17-19-30)23(31)13-5-4-8-14-27-25(26-3)28-15-9-12-22-10-6-7-11-22/h21-22H,4-20H2,1-3H3,(H2,26,27,28). The number of guanidine groups is 1. The van der Waals surface area contributed by atoms with Gasteiger partial charge in [-0.05, 0) is 37.5 Å². The molecule has 0 aromatic heterocycles. The smallest absolute Gasteiger partial charge is 0.222 e. The highest BCUT2D eigenvalue weighted by molar-refractivity contribution is 5.79. The zero-order chi connectivity index (χ0) is 23.2. The Kier molecular flexibility index (Phi) is 12.5. The molecule has 0 aromatic carbocycles. The van der Waals surface area contributed by atoms with E-state index < -0.39 is 0 Å². The summed E-state index contributed by atoms with van der Waals surface area (Å²) in [5.74, 6) is 2.67. The van der Waals surface area contributed by atoms with E-state index in [1.807, 2.05) is 16.8 Å². The van der Waals surface area contributed by atoms with E-state index in [0.29, 0.717) is 44.9 Å². The van der Waals surface area contributed by atoms with Crippen LogP contribution in [0.25, 0.3) is 0 Å². The topological polar surface area (TPSA) is 77.0 Å². The number of unbranched alkanes of at least 4 members (excludes halogenated alkanes) is 2. The molecule has 7 heteroatoms. The van der Waals surface area contributed by atoms with E-state index >= 15 is 0 Å². The fourth-order valence-corrected chi connectivity index (χ4v) is 4.74. The van der Waals surface area contributed by atoms with Gasteiger partial charge >= 0.3 is 0 Å². The number of piperazine rings is 1. The number of hydrogen-bond acceptors (Lipinski definition) is 3. The van der Waals surface area contributed by atoms with Gasteiger partial charge in [-0.15, -0.1) is 0 Å². The zero-order valence-electron chi connectivity index (χ0n) is 20.8. The third-order valence-corrected chi connectivity index (χ3v) is 6.71. The van der Waals surface area contributed by atoms with E-state index in [1.165, 1.54) is 38.5 Å². The van der Waals surface area contributed by atoms with E-state index in [0.717, 1.165) is 44.2 Å². The van der Waals surface area contributed by atoms with Gasteiger partial charge in [0.25, 0.3) is 0 Å². The summed E-state index contributed by atoms with van der Waals surface area (Å²) >= 11 is 0. The van der Waals surface area contributed by atoms with Gasteiger partial charge in [-0.1, -0.05) is 46.0 Å². The SMILES string of the molecule is CN=C(NCCCCCC(=O)N1CCN(C(=O)CC(C)C)CC1)NCCCC1CCCC1. The summed E-state index contributed by atoms with van der Waals surface area (Å²) in [5.41, 5.74) is 0. The first kappa shape index (κ1) is 26.5. The average Bonchev–Trinajstić information content (AvgIpc) is 3.30. The molecule has 0 unspecified atom stereocenters. The third kappa shape index (κ3) is 10.2. The lowest BCUT2D eigenvalue weighted by Gasteiger charge is -2.35. The minimum absolute atomic E-state index is 0.220. The van der Waals surface area contributed by atoms with Gasteiger partial charge in [0.2, 0.25) is 11.8 Å². The molecule has 1 saturated carbocycles. The Labute approximate surface area is 195 Å². The maximum Gasteiger partial charge on any atom is 0.222 e. The Bertz CT molecular complexity index is 579. The zero-order valence-corrected chi connectivity index (χ0v) is 20.8. The Hall–Kier alpha value is -1.79. The lowest BCUT2D eigenvalue weighted by molar-refractivity contribution is -0.140. The maximum atomic E-state index is 12.5. The van der Waals surface area contributed by atoms with Crippen molar-refractivity contribution in [2.24, 2.45) is 16.8 Å². The molecule has 0 atom stereocenters. The van der Waals surface area contributed by atoms with E-state index in [9.17, 15) is 9.59 Å². The molecule has 0 aromatic rings. The number of nitrogens with zero attached hydrogens (tertiary/aromatic N) is 3. The van der Waals surface area contributed by atoms with Crippen molar-refractivity contribution in [1.82, 2.24) is 20.4 Å². The van der Waals surface area contributed by atoms with Crippen LogP contribution >= 0.6 is 0 Å².